The zero-order chi connectivity index (χ0) is 21.5. The number of anilines is 1. The molecule has 1 aromatic heterocycles. The number of esters is 2. The number of carbonyl (C=O) groups is 3. The molecule has 1 N–H and O–H groups in total. The van der Waals surface area contributed by atoms with Crippen LogP contribution >= 0.6 is 11.3 Å². The van der Waals surface area contributed by atoms with Gasteiger partial charge in [-0.1, -0.05) is 18.2 Å². The monoisotopic (exact) mass is 429 g/mol. The number of hydrogen-bond donors (Lipinski definition) is 1. The molecule has 0 bridgehead atoms. The fourth-order valence-corrected chi connectivity index (χ4v) is 4.51. The molecule has 2 aromatic rings. The topological polar surface area (TPSA) is 90.9 Å². The van der Waals surface area contributed by atoms with Gasteiger partial charge >= 0.3 is 11.9 Å². The molecule has 0 atom stereocenters. The van der Waals surface area contributed by atoms with Crippen LogP contribution in [0.4, 0.5) is 5.00 Å². The molecule has 0 saturated carbocycles. The molecular formula is C22H23NO6S. The van der Waals surface area contributed by atoms with Crippen molar-refractivity contribution in [1.29, 1.82) is 0 Å². The molecule has 158 valence electrons. The molecule has 1 aliphatic carbocycles. The molecule has 1 aliphatic rings. The van der Waals surface area contributed by atoms with Gasteiger partial charge in [0.2, 0.25) is 0 Å². The minimum atomic E-state index is -0.654. The van der Waals surface area contributed by atoms with Crippen molar-refractivity contribution < 1.29 is 28.6 Å². The van der Waals surface area contributed by atoms with Gasteiger partial charge in [0.1, 0.15) is 10.8 Å². The molecule has 8 heteroatoms. The van der Waals surface area contributed by atoms with E-state index in [0.29, 0.717) is 22.9 Å². The van der Waals surface area contributed by atoms with Gasteiger partial charge in [-0.15, -0.1) is 11.3 Å². The fraction of sp³-hybridized carbons (Fsp3) is 0.318. The maximum Gasteiger partial charge on any atom is 0.341 e. The maximum absolute atomic E-state index is 12.2. The molecule has 1 aromatic carbocycles. The van der Waals surface area contributed by atoms with E-state index < -0.39 is 24.5 Å². The second kappa shape index (κ2) is 10.1. The Morgan fingerprint density at radius 3 is 2.77 bits per heavy atom. The number of amides is 1. The summed E-state index contributed by atoms with van der Waals surface area (Å²) < 4.78 is 15.4. The number of fused-ring (bicyclic) bond motifs is 1. The second-order valence-electron chi connectivity index (χ2n) is 6.51. The average molecular weight is 429 g/mol. The number of nitrogens with one attached hydrogen (secondary N) is 1. The number of hydrogen-bond acceptors (Lipinski definition) is 7. The summed E-state index contributed by atoms with van der Waals surface area (Å²) in [5, 5.41) is 3.11. The largest absolute Gasteiger partial charge is 0.493 e. The van der Waals surface area contributed by atoms with Gasteiger partial charge in [0.25, 0.3) is 5.91 Å². The van der Waals surface area contributed by atoms with Crippen LogP contribution in [0.15, 0.2) is 30.3 Å². The summed E-state index contributed by atoms with van der Waals surface area (Å²) in [5.41, 5.74) is 2.08. The van der Waals surface area contributed by atoms with Crippen molar-refractivity contribution in [3.05, 3.63) is 51.9 Å². The zero-order valence-corrected chi connectivity index (χ0v) is 17.7. The van der Waals surface area contributed by atoms with Crippen LogP contribution in [0.5, 0.6) is 5.75 Å². The smallest absolute Gasteiger partial charge is 0.341 e. The lowest BCUT2D eigenvalue weighted by Gasteiger charge is -2.07. The average Bonchev–Trinajstić information content (AvgIpc) is 3.32. The van der Waals surface area contributed by atoms with Crippen molar-refractivity contribution in [2.75, 3.05) is 25.6 Å². The minimum Gasteiger partial charge on any atom is -0.493 e. The van der Waals surface area contributed by atoms with E-state index in [1.54, 1.807) is 12.1 Å². The number of aryl methyl sites for hydroxylation is 1. The van der Waals surface area contributed by atoms with Gasteiger partial charge in [-0.2, -0.15) is 0 Å². The summed E-state index contributed by atoms with van der Waals surface area (Å²) in [5.74, 6) is -0.990. The molecule has 7 nitrogen and oxygen atoms in total. The highest BCUT2D eigenvalue weighted by atomic mass is 32.1. The van der Waals surface area contributed by atoms with E-state index in [-0.39, 0.29) is 0 Å². The van der Waals surface area contributed by atoms with Crippen LogP contribution < -0.4 is 10.1 Å². The number of thiophene rings is 1. The Balaban J connectivity index is 1.58. The van der Waals surface area contributed by atoms with Crippen molar-refractivity contribution in [2.45, 2.75) is 26.2 Å². The first-order chi connectivity index (χ1) is 14.5. The van der Waals surface area contributed by atoms with Gasteiger partial charge < -0.3 is 19.5 Å². The Morgan fingerprint density at radius 2 is 2.00 bits per heavy atom. The van der Waals surface area contributed by atoms with E-state index in [1.165, 1.54) is 24.5 Å². The van der Waals surface area contributed by atoms with Crippen molar-refractivity contribution >= 4 is 40.3 Å². The summed E-state index contributed by atoms with van der Waals surface area (Å²) >= 11 is 1.37. The highest BCUT2D eigenvalue weighted by molar-refractivity contribution is 7.17. The van der Waals surface area contributed by atoms with Crippen LogP contribution in [-0.2, 0) is 31.9 Å². The quantitative estimate of drug-likeness (QED) is 0.509. The van der Waals surface area contributed by atoms with E-state index in [0.717, 1.165) is 35.3 Å². The molecule has 1 heterocycles. The number of benzene rings is 1. The summed E-state index contributed by atoms with van der Waals surface area (Å²) in [6.07, 6.45) is 5.46. The van der Waals surface area contributed by atoms with E-state index in [1.807, 2.05) is 25.1 Å². The number of carbonyl (C=O) groups excluding carboxylic acids is 3. The Labute approximate surface area is 178 Å². The summed E-state index contributed by atoms with van der Waals surface area (Å²) in [6, 6.07) is 7.29. The molecule has 3 rings (SSSR count). The third-order valence-electron chi connectivity index (χ3n) is 4.53. The van der Waals surface area contributed by atoms with Crippen LogP contribution in [-0.4, -0.2) is 38.2 Å². The predicted molar refractivity (Wildman–Crippen MR) is 114 cm³/mol. The first kappa shape index (κ1) is 21.6. The summed E-state index contributed by atoms with van der Waals surface area (Å²) in [7, 11) is 1.31. The van der Waals surface area contributed by atoms with Crippen LogP contribution in [0.2, 0.25) is 0 Å². The molecule has 30 heavy (non-hydrogen) atoms. The van der Waals surface area contributed by atoms with E-state index in [2.05, 4.69) is 5.32 Å². The van der Waals surface area contributed by atoms with E-state index in [4.69, 9.17) is 14.2 Å². The lowest BCUT2D eigenvalue weighted by Crippen LogP contribution is -2.21. The van der Waals surface area contributed by atoms with E-state index in [9.17, 15) is 14.4 Å². The first-order valence-corrected chi connectivity index (χ1v) is 10.4. The zero-order valence-electron chi connectivity index (χ0n) is 16.9. The van der Waals surface area contributed by atoms with Gasteiger partial charge in [-0.05, 0) is 43.9 Å². The molecular weight excluding hydrogens is 406 g/mol. The normalized spacial score (nSPS) is 12.5. The lowest BCUT2D eigenvalue weighted by molar-refractivity contribution is -0.142. The second-order valence-corrected chi connectivity index (χ2v) is 7.62. The van der Waals surface area contributed by atoms with Crippen molar-refractivity contribution in [3.8, 4) is 5.75 Å². The molecule has 0 spiro atoms. The standard InChI is InChI=1S/C22H23NO6S/c1-3-28-16-9-5-4-7-14(16)11-12-19(25)29-13-18(24)23-21-20(22(26)27-2)15-8-6-10-17(15)30-21/h4-5,7,9,11-12H,3,6,8,10,13H2,1-2H3,(H,23,24)/b12-11+. The third kappa shape index (κ3) is 5.07. The molecule has 1 amide bonds. The highest BCUT2D eigenvalue weighted by Crippen LogP contribution is 2.39. The molecule has 0 saturated heterocycles. The fourth-order valence-electron chi connectivity index (χ4n) is 3.22. The van der Waals surface area contributed by atoms with Gasteiger partial charge in [0.05, 0.1) is 19.3 Å². The number of ether oxygens (including phenoxy) is 3. The number of methoxy groups -OCH3 is 1. The Bertz CT molecular complexity index is 978. The maximum atomic E-state index is 12.2. The van der Waals surface area contributed by atoms with Crippen LogP contribution in [0.25, 0.3) is 6.08 Å². The Kier molecular flexibility index (Phi) is 7.24. The van der Waals surface area contributed by atoms with Crippen LogP contribution in [0.3, 0.4) is 0 Å². The Morgan fingerprint density at radius 1 is 1.20 bits per heavy atom. The Hall–Kier alpha value is -3.13. The molecule has 0 fully saturated rings. The summed E-state index contributed by atoms with van der Waals surface area (Å²) in [4.78, 5) is 37.4. The van der Waals surface area contributed by atoms with Gasteiger partial charge in [0.15, 0.2) is 6.61 Å². The first-order valence-electron chi connectivity index (χ1n) is 9.62. The number of para-hydroxylation sites is 1. The van der Waals surface area contributed by atoms with Crippen molar-refractivity contribution in [3.63, 3.8) is 0 Å². The molecule has 0 unspecified atom stereocenters. The lowest BCUT2D eigenvalue weighted by atomic mass is 10.1. The third-order valence-corrected chi connectivity index (χ3v) is 5.73. The van der Waals surface area contributed by atoms with Crippen LogP contribution in [0, 0.1) is 0 Å². The SMILES string of the molecule is CCOc1ccccc1/C=C/C(=O)OCC(=O)Nc1sc2c(c1C(=O)OC)CCC2. The number of rotatable bonds is 8. The van der Waals surface area contributed by atoms with Crippen LogP contribution in [0.1, 0.15) is 39.7 Å². The highest BCUT2D eigenvalue weighted by Gasteiger charge is 2.28. The molecule has 0 aliphatic heterocycles. The van der Waals surface area contributed by atoms with Crippen molar-refractivity contribution in [1.82, 2.24) is 0 Å². The minimum absolute atomic E-state index is 0.405. The molecule has 0 radical (unpaired) electrons. The van der Waals surface area contributed by atoms with Gasteiger partial charge in [-0.25, -0.2) is 9.59 Å². The van der Waals surface area contributed by atoms with E-state index >= 15 is 0 Å². The summed E-state index contributed by atoms with van der Waals surface area (Å²) in [6.45, 7) is 1.93. The predicted octanol–water partition coefficient (Wildman–Crippen LogP) is 3.62. The van der Waals surface area contributed by atoms with Gasteiger partial charge in [0, 0.05) is 16.5 Å². The van der Waals surface area contributed by atoms with Crippen molar-refractivity contribution in [2.24, 2.45) is 0 Å². The van der Waals surface area contributed by atoms with Gasteiger partial charge in [-0.3, -0.25) is 4.79 Å².